The summed E-state index contributed by atoms with van der Waals surface area (Å²) in [5.41, 5.74) is 1.16. The molecule has 0 aromatic heterocycles. The van der Waals surface area contributed by atoms with Crippen molar-refractivity contribution in [2.75, 3.05) is 15.8 Å². The molecule has 2 heterocycles. The molecule has 10 heteroatoms. The first-order chi connectivity index (χ1) is 15.9. The summed E-state index contributed by atoms with van der Waals surface area (Å²) in [6.07, 6.45) is -1.26. The van der Waals surface area contributed by atoms with E-state index in [-0.39, 0.29) is 11.5 Å². The lowest BCUT2D eigenvalue weighted by molar-refractivity contribution is -0.137. The van der Waals surface area contributed by atoms with Crippen molar-refractivity contribution in [3.8, 4) is 5.75 Å². The Morgan fingerprint density at radius 2 is 1.91 bits per heavy atom. The summed E-state index contributed by atoms with van der Waals surface area (Å²) >= 11 is 0. The highest BCUT2D eigenvalue weighted by molar-refractivity contribution is 7.92. The van der Waals surface area contributed by atoms with Gasteiger partial charge in [0.1, 0.15) is 11.4 Å². The maximum absolute atomic E-state index is 13.3. The second kappa shape index (κ2) is 8.65. The van der Waals surface area contributed by atoms with Gasteiger partial charge < -0.3 is 10.1 Å². The summed E-state index contributed by atoms with van der Waals surface area (Å²) in [7, 11) is -3.40. The van der Waals surface area contributed by atoms with Crippen molar-refractivity contribution in [1.82, 2.24) is 0 Å². The van der Waals surface area contributed by atoms with E-state index in [1.54, 1.807) is 18.2 Å². The van der Waals surface area contributed by atoms with Crippen molar-refractivity contribution in [3.05, 3.63) is 59.2 Å². The van der Waals surface area contributed by atoms with Gasteiger partial charge in [-0.25, -0.2) is 8.42 Å². The number of carbonyl (C=O) groups is 1. The van der Waals surface area contributed by atoms with Crippen molar-refractivity contribution in [2.45, 2.75) is 51.3 Å². The van der Waals surface area contributed by atoms with Gasteiger partial charge in [0.25, 0.3) is 0 Å². The highest BCUT2D eigenvalue weighted by Crippen LogP contribution is 2.45. The van der Waals surface area contributed by atoms with Crippen LogP contribution in [0.1, 0.15) is 49.8 Å². The Bertz CT molecular complexity index is 1270. The number of hydrogen-bond donors (Lipinski definition) is 2. The van der Waals surface area contributed by atoms with Crippen LogP contribution in [0, 0.1) is 0 Å². The second-order valence-electron chi connectivity index (χ2n) is 8.58. The third-order valence-electron chi connectivity index (χ3n) is 6.37. The minimum atomic E-state index is -4.51. The Balaban J connectivity index is 1.65. The molecule has 2 aliphatic heterocycles. The molecular formula is C24H25F3N2O4S. The molecule has 4 rings (SSSR count). The van der Waals surface area contributed by atoms with E-state index in [2.05, 4.69) is 10.0 Å². The SMILES string of the molecule is CCC1(CC)CC(=CC(=O)Nc2ccc3c(c2)NS(=O)(=O)CC3)c2ccc(C(F)(F)F)cc2O1. The molecule has 0 saturated heterocycles. The summed E-state index contributed by atoms with van der Waals surface area (Å²) in [5.74, 6) is -0.360. The van der Waals surface area contributed by atoms with Gasteiger partial charge >= 0.3 is 6.18 Å². The minimum Gasteiger partial charge on any atom is -0.486 e. The number of sulfonamides is 1. The van der Waals surface area contributed by atoms with E-state index < -0.39 is 33.3 Å². The van der Waals surface area contributed by atoms with Gasteiger partial charge in [-0.2, -0.15) is 13.2 Å². The Labute approximate surface area is 196 Å². The topological polar surface area (TPSA) is 84.5 Å². The summed E-state index contributed by atoms with van der Waals surface area (Å²) in [6, 6.07) is 8.29. The van der Waals surface area contributed by atoms with Gasteiger partial charge in [0.15, 0.2) is 0 Å². The monoisotopic (exact) mass is 494 g/mol. The van der Waals surface area contributed by atoms with Crippen LogP contribution in [0.3, 0.4) is 0 Å². The van der Waals surface area contributed by atoms with E-state index in [0.29, 0.717) is 48.2 Å². The summed E-state index contributed by atoms with van der Waals surface area (Å²) in [6.45, 7) is 3.79. The zero-order valence-corrected chi connectivity index (χ0v) is 19.6. The molecule has 0 bridgehead atoms. The number of halogens is 3. The smallest absolute Gasteiger partial charge is 0.416 e. The molecule has 2 aromatic rings. The number of alkyl halides is 3. The van der Waals surface area contributed by atoms with E-state index in [1.165, 1.54) is 12.1 Å². The fraction of sp³-hybridized carbons (Fsp3) is 0.375. The van der Waals surface area contributed by atoms with Crippen molar-refractivity contribution in [1.29, 1.82) is 0 Å². The fourth-order valence-electron chi connectivity index (χ4n) is 4.30. The van der Waals surface area contributed by atoms with Crippen LogP contribution in [-0.4, -0.2) is 25.7 Å². The van der Waals surface area contributed by atoms with Crippen LogP contribution in [-0.2, 0) is 27.4 Å². The quantitative estimate of drug-likeness (QED) is 0.560. The van der Waals surface area contributed by atoms with Gasteiger partial charge in [-0.05, 0) is 54.7 Å². The Morgan fingerprint density at radius 3 is 2.59 bits per heavy atom. The number of benzene rings is 2. The highest BCUT2D eigenvalue weighted by atomic mass is 32.2. The van der Waals surface area contributed by atoms with E-state index in [4.69, 9.17) is 4.74 Å². The number of anilines is 2. The van der Waals surface area contributed by atoms with Crippen molar-refractivity contribution in [3.63, 3.8) is 0 Å². The zero-order chi connectivity index (χ0) is 24.7. The number of aryl methyl sites for hydroxylation is 1. The molecule has 0 atom stereocenters. The van der Waals surface area contributed by atoms with Gasteiger partial charge in [0, 0.05) is 23.7 Å². The lowest BCUT2D eigenvalue weighted by atomic mass is 9.83. The highest BCUT2D eigenvalue weighted by Gasteiger charge is 2.38. The molecule has 1 amide bonds. The van der Waals surface area contributed by atoms with Crippen LogP contribution in [0.25, 0.3) is 5.57 Å². The van der Waals surface area contributed by atoms with E-state index in [9.17, 15) is 26.4 Å². The first-order valence-corrected chi connectivity index (χ1v) is 12.6. The molecule has 0 radical (unpaired) electrons. The molecule has 0 saturated carbocycles. The van der Waals surface area contributed by atoms with Gasteiger partial charge in [0.2, 0.25) is 15.9 Å². The fourth-order valence-corrected chi connectivity index (χ4v) is 5.42. The molecule has 0 fully saturated rings. The molecule has 2 N–H and O–H groups in total. The van der Waals surface area contributed by atoms with Crippen LogP contribution < -0.4 is 14.8 Å². The predicted molar refractivity (Wildman–Crippen MR) is 124 cm³/mol. The van der Waals surface area contributed by atoms with Crippen LogP contribution in [0.15, 0.2) is 42.5 Å². The van der Waals surface area contributed by atoms with Gasteiger partial charge in [0.05, 0.1) is 17.0 Å². The minimum absolute atomic E-state index is 0.00590. The molecule has 6 nitrogen and oxygen atoms in total. The lowest BCUT2D eigenvalue weighted by Crippen LogP contribution is -2.38. The number of carbonyl (C=O) groups excluding carboxylic acids is 1. The predicted octanol–water partition coefficient (Wildman–Crippen LogP) is 5.37. The normalized spacial score (nSPS) is 19.4. The third-order valence-corrected chi connectivity index (χ3v) is 7.64. The average Bonchev–Trinajstić information content (AvgIpc) is 2.77. The molecular weight excluding hydrogens is 469 g/mol. The van der Waals surface area contributed by atoms with Crippen molar-refractivity contribution in [2.24, 2.45) is 0 Å². The molecule has 2 aromatic carbocycles. The largest absolute Gasteiger partial charge is 0.486 e. The Hall–Kier alpha value is -3.01. The van der Waals surface area contributed by atoms with Gasteiger partial charge in [-0.3, -0.25) is 9.52 Å². The van der Waals surface area contributed by atoms with Crippen LogP contribution in [0.2, 0.25) is 0 Å². The third kappa shape index (κ3) is 4.91. The number of ether oxygens (including phenoxy) is 1. The maximum atomic E-state index is 13.3. The number of hydrogen-bond acceptors (Lipinski definition) is 4. The van der Waals surface area contributed by atoms with E-state index in [0.717, 1.165) is 17.7 Å². The summed E-state index contributed by atoms with van der Waals surface area (Å²) in [4.78, 5) is 12.9. The number of fused-ring (bicyclic) bond motifs is 2. The van der Waals surface area contributed by atoms with E-state index in [1.807, 2.05) is 13.8 Å². The lowest BCUT2D eigenvalue weighted by Gasteiger charge is -2.39. The van der Waals surface area contributed by atoms with Gasteiger partial charge in [-0.15, -0.1) is 0 Å². The van der Waals surface area contributed by atoms with Crippen LogP contribution >= 0.6 is 0 Å². The van der Waals surface area contributed by atoms with Crippen molar-refractivity contribution >= 4 is 32.9 Å². The zero-order valence-electron chi connectivity index (χ0n) is 18.8. The molecule has 0 aliphatic carbocycles. The first-order valence-electron chi connectivity index (χ1n) is 11.0. The summed E-state index contributed by atoms with van der Waals surface area (Å²) in [5, 5.41) is 2.73. The van der Waals surface area contributed by atoms with Crippen LogP contribution in [0.4, 0.5) is 24.5 Å². The van der Waals surface area contributed by atoms with E-state index >= 15 is 0 Å². The number of amides is 1. The second-order valence-corrected chi connectivity index (χ2v) is 10.4. The summed E-state index contributed by atoms with van der Waals surface area (Å²) < 4.78 is 72.0. The van der Waals surface area contributed by atoms with Gasteiger partial charge in [-0.1, -0.05) is 26.0 Å². The van der Waals surface area contributed by atoms with Crippen molar-refractivity contribution < 1.29 is 31.1 Å². The number of rotatable bonds is 4. The maximum Gasteiger partial charge on any atom is 0.416 e. The molecule has 0 spiro atoms. The number of nitrogens with one attached hydrogen (secondary N) is 2. The average molecular weight is 495 g/mol. The molecule has 34 heavy (non-hydrogen) atoms. The Kier molecular flexibility index (Phi) is 6.14. The first kappa shape index (κ1) is 24.1. The molecule has 2 aliphatic rings. The molecule has 0 unspecified atom stereocenters. The standard InChI is InChI=1S/C24H25F3N2O4S/c1-3-23(4-2)14-16(19-8-6-17(24(25,26)27)12-21(19)33-23)11-22(30)28-18-7-5-15-9-10-34(31,32)29-20(15)13-18/h5-8,11-13,29H,3-4,9-10,14H2,1-2H3,(H,28,30). The molecule has 182 valence electrons. The Morgan fingerprint density at radius 1 is 1.18 bits per heavy atom. The van der Waals surface area contributed by atoms with Crippen LogP contribution in [0.5, 0.6) is 5.75 Å².